The van der Waals surface area contributed by atoms with Gasteiger partial charge < -0.3 is 14.9 Å². The van der Waals surface area contributed by atoms with Crippen LogP contribution >= 0.6 is 19.9 Å². The predicted molar refractivity (Wildman–Crippen MR) is 96.3 cm³/mol. The molecular weight excluding hydrogens is 333 g/mol. The van der Waals surface area contributed by atoms with Crippen molar-refractivity contribution in [1.29, 1.82) is 0 Å². The summed E-state index contributed by atoms with van der Waals surface area (Å²) in [6.45, 7) is 7.58. The van der Waals surface area contributed by atoms with Crippen LogP contribution in [-0.2, 0) is 9.32 Å². The maximum atomic E-state index is 11.1. The van der Waals surface area contributed by atoms with Crippen molar-refractivity contribution in [2.24, 2.45) is 0 Å². The molecular formula is C16H24NO4PS. The Bertz CT molecular complexity index is 548. The fraction of sp³-hybridized carbons (Fsp3) is 0.500. The quantitative estimate of drug-likeness (QED) is 0.546. The molecule has 0 saturated heterocycles. The number of benzene rings is 1. The zero-order valence-corrected chi connectivity index (χ0v) is 15.8. The molecule has 7 heteroatoms. The summed E-state index contributed by atoms with van der Waals surface area (Å²) < 4.78 is 5.36. The van der Waals surface area contributed by atoms with Gasteiger partial charge in [-0.05, 0) is 31.4 Å². The topological polar surface area (TPSA) is 75.6 Å². The smallest absolute Gasteiger partial charge is 0.335 e. The van der Waals surface area contributed by atoms with Crippen molar-refractivity contribution in [2.75, 3.05) is 19.5 Å². The van der Waals surface area contributed by atoms with E-state index in [1.165, 1.54) is 6.92 Å². The fourth-order valence-corrected chi connectivity index (χ4v) is 4.52. The van der Waals surface area contributed by atoms with Crippen LogP contribution in [0.5, 0.6) is 0 Å². The van der Waals surface area contributed by atoms with Gasteiger partial charge in [-0.3, -0.25) is 4.79 Å². The molecule has 0 radical (unpaired) electrons. The highest BCUT2D eigenvalue weighted by molar-refractivity contribution is 7.99. The van der Waals surface area contributed by atoms with E-state index in [0.717, 1.165) is 11.3 Å². The van der Waals surface area contributed by atoms with Gasteiger partial charge in [0.25, 0.3) is 0 Å². The Balaban J connectivity index is 2.72. The minimum absolute atomic E-state index is 0.0536. The lowest BCUT2D eigenvalue weighted by molar-refractivity contribution is -0.131. The van der Waals surface area contributed by atoms with E-state index in [-0.39, 0.29) is 22.1 Å². The molecule has 23 heavy (non-hydrogen) atoms. The zero-order valence-electron chi connectivity index (χ0n) is 14.1. The van der Waals surface area contributed by atoms with Crippen molar-refractivity contribution in [3.05, 3.63) is 35.4 Å². The number of thioether (sulfide) groups is 1. The van der Waals surface area contributed by atoms with Crippen molar-refractivity contribution in [3.8, 4) is 0 Å². The van der Waals surface area contributed by atoms with Gasteiger partial charge in [0.15, 0.2) is 0 Å². The highest BCUT2D eigenvalue weighted by atomic mass is 32.2. The molecule has 1 aromatic carbocycles. The van der Waals surface area contributed by atoms with Gasteiger partial charge in [-0.25, -0.2) is 4.79 Å². The van der Waals surface area contributed by atoms with Gasteiger partial charge in [0.1, 0.15) is 0 Å². The highest BCUT2D eigenvalue weighted by Crippen LogP contribution is 2.50. The summed E-state index contributed by atoms with van der Waals surface area (Å²) in [4.78, 5) is 22.0. The Hall–Kier alpha value is -1.10. The van der Waals surface area contributed by atoms with Gasteiger partial charge in [-0.2, -0.15) is 0 Å². The molecule has 0 aliphatic carbocycles. The van der Waals surface area contributed by atoms with Crippen LogP contribution in [0.2, 0.25) is 0 Å². The third-order valence-electron chi connectivity index (χ3n) is 3.44. The molecule has 2 N–H and O–H groups in total. The maximum absolute atomic E-state index is 11.1. The molecule has 0 saturated carbocycles. The third-order valence-corrected chi connectivity index (χ3v) is 7.78. The number of carbonyl (C=O) groups excluding carboxylic acids is 1. The molecule has 0 heterocycles. The van der Waals surface area contributed by atoms with Crippen LogP contribution in [0.3, 0.4) is 0 Å². The minimum atomic E-state index is -0.927. The van der Waals surface area contributed by atoms with Crippen LogP contribution < -0.4 is 5.32 Å². The lowest BCUT2D eigenvalue weighted by Gasteiger charge is -2.31. The average molecular weight is 357 g/mol. The summed E-state index contributed by atoms with van der Waals surface area (Å²) in [6, 6.07) is 6.87. The molecule has 0 aliphatic rings. The highest BCUT2D eigenvalue weighted by Gasteiger charge is 2.30. The van der Waals surface area contributed by atoms with Gasteiger partial charge in [0.2, 0.25) is 0 Å². The molecule has 0 fully saturated rings. The molecule has 0 spiro atoms. The number of carboxylic acids is 1. The van der Waals surface area contributed by atoms with E-state index in [1.807, 2.05) is 25.8 Å². The summed E-state index contributed by atoms with van der Waals surface area (Å²) in [6.07, 6.45) is 0. The second-order valence-electron chi connectivity index (χ2n) is 5.80. The molecule has 0 aliphatic heterocycles. The molecule has 128 valence electrons. The second kappa shape index (κ2) is 8.67. The third kappa shape index (κ3) is 6.13. The molecule has 0 bridgehead atoms. The van der Waals surface area contributed by atoms with Crippen molar-refractivity contribution >= 4 is 31.8 Å². The van der Waals surface area contributed by atoms with Crippen molar-refractivity contribution < 1.29 is 19.2 Å². The maximum Gasteiger partial charge on any atom is 0.335 e. The Kier molecular flexibility index (Phi) is 7.52. The number of hydrogen-bond acceptors (Lipinski definition) is 5. The zero-order chi connectivity index (χ0) is 17.6. The average Bonchev–Trinajstić information content (AvgIpc) is 2.47. The Labute approximate surface area is 143 Å². The van der Waals surface area contributed by atoms with Crippen LogP contribution in [0, 0.1) is 0 Å². The van der Waals surface area contributed by atoms with Gasteiger partial charge in [0, 0.05) is 17.8 Å². The van der Waals surface area contributed by atoms with Crippen LogP contribution in [0.4, 0.5) is 0 Å². The Morgan fingerprint density at radius 3 is 2.35 bits per heavy atom. The molecule has 2 unspecified atom stereocenters. The first-order valence-corrected chi connectivity index (χ1v) is 9.97. The minimum Gasteiger partial charge on any atom is -0.478 e. The van der Waals surface area contributed by atoms with E-state index in [4.69, 9.17) is 9.63 Å². The van der Waals surface area contributed by atoms with Gasteiger partial charge in [0.05, 0.1) is 19.1 Å². The number of aromatic carboxylic acids is 1. The molecule has 0 amide bonds. The lowest BCUT2D eigenvalue weighted by Crippen LogP contribution is -2.25. The van der Waals surface area contributed by atoms with E-state index in [2.05, 4.69) is 19.2 Å². The first-order chi connectivity index (χ1) is 10.7. The van der Waals surface area contributed by atoms with Crippen molar-refractivity contribution in [3.63, 3.8) is 0 Å². The van der Waals surface area contributed by atoms with Gasteiger partial charge in [-0.1, -0.05) is 26.0 Å². The van der Waals surface area contributed by atoms with E-state index in [0.29, 0.717) is 0 Å². The number of carboxylic acid groups (broad SMARTS) is 1. The van der Waals surface area contributed by atoms with E-state index in [9.17, 15) is 9.59 Å². The number of carbonyl (C=O) groups is 2. The van der Waals surface area contributed by atoms with Crippen LogP contribution in [0.15, 0.2) is 24.3 Å². The molecule has 2 atom stereocenters. The van der Waals surface area contributed by atoms with Gasteiger partial charge >= 0.3 is 11.9 Å². The summed E-state index contributed by atoms with van der Waals surface area (Å²) in [5.41, 5.74) is 1.30. The summed E-state index contributed by atoms with van der Waals surface area (Å²) in [5.74, 6) is -0.357. The van der Waals surface area contributed by atoms with Crippen LogP contribution in [-0.4, -0.2) is 41.7 Å². The Morgan fingerprint density at radius 2 is 1.91 bits per heavy atom. The summed E-state index contributed by atoms with van der Waals surface area (Å²) >= 11 is 1.72. The van der Waals surface area contributed by atoms with Crippen molar-refractivity contribution in [2.45, 2.75) is 31.3 Å². The largest absolute Gasteiger partial charge is 0.478 e. The first-order valence-electron chi connectivity index (χ1n) is 7.22. The number of hydrogen-bond donors (Lipinski definition) is 2. The summed E-state index contributed by atoms with van der Waals surface area (Å²) in [7, 11) is 1.01. The first kappa shape index (κ1) is 19.9. The molecule has 0 aromatic heterocycles. The monoisotopic (exact) mass is 357 g/mol. The SMILES string of the molecule is CNC(SCC(C)(C)P(C)OC(C)=O)c1ccc(C(=O)O)cc1. The standard InChI is InChI=1S/C16H24NO4PS/c1-11(18)21-22(5)16(2,3)10-23-14(17-4)12-6-8-13(9-7-12)15(19)20/h6-9,14,17H,10H2,1-5H3,(H,19,20). The molecule has 1 rings (SSSR count). The number of nitrogens with one attached hydrogen (secondary N) is 1. The normalized spacial score (nSPS) is 14.1. The van der Waals surface area contributed by atoms with Crippen molar-refractivity contribution in [1.82, 2.24) is 5.32 Å². The van der Waals surface area contributed by atoms with Crippen LogP contribution in [0.25, 0.3) is 0 Å². The second-order valence-corrected chi connectivity index (χ2v) is 9.28. The van der Waals surface area contributed by atoms with Crippen LogP contribution in [0.1, 0.15) is 42.1 Å². The van der Waals surface area contributed by atoms with Gasteiger partial charge in [-0.15, -0.1) is 11.8 Å². The molecule has 1 aromatic rings. The fourth-order valence-electron chi connectivity index (χ4n) is 1.84. The van der Waals surface area contributed by atoms with E-state index < -0.39 is 14.1 Å². The lowest BCUT2D eigenvalue weighted by atomic mass is 10.1. The number of rotatable bonds is 8. The Morgan fingerprint density at radius 1 is 1.35 bits per heavy atom. The van der Waals surface area contributed by atoms with E-state index >= 15 is 0 Å². The summed E-state index contributed by atoms with van der Waals surface area (Å²) in [5, 5.41) is 12.1. The predicted octanol–water partition coefficient (Wildman–Crippen LogP) is 3.70. The van der Waals surface area contributed by atoms with E-state index in [1.54, 1.807) is 23.9 Å². The molecule has 5 nitrogen and oxygen atoms in total.